The van der Waals surface area contributed by atoms with Crippen molar-refractivity contribution in [3.8, 4) is 0 Å². The summed E-state index contributed by atoms with van der Waals surface area (Å²) >= 11 is 0. The van der Waals surface area contributed by atoms with Gasteiger partial charge in [-0.2, -0.15) is 0 Å². The highest BCUT2D eigenvalue weighted by molar-refractivity contribution is 5.93. The maximum absolute atomic E-state index is 12.7. The van der Waals surface area contributed by atoms with E-state index in [0.717, 1.165) is 38.3 Å². The van der Waals surface area contributed by atoms with Crippen LogP contribution in [0.5, 0.6) is 0 Å². The third kappa shape index (κ3) is 3.28. The second-order valence-electron chi connectivity index (χ2n) is 5.33. The van der Waals surface area contributed by atoms with Crippen LogP contribution in [0.25, 0.3) is 0 Å². The van der Waals surface area contributed by atoms with Crippen LogP contribution in [-0.4, -0.2) is 60.5 Å². The molecule has 5 heteroatoms. The summed E-state index contributed by atoms with van der Waals surface area (Å²) < 4.78 is 0. The smallest absolute Gasteiger partial charge is 0.272 e. The van der Waals surface area contributed by atoms with Crippen LogP contribution in [0.2, 0.25) is 0 Å². The minimum atomic E-state index is 0.0456. The molecule has 1 atom stereocenters. The summed E-state index contributed by atoms with van der Waals surface area (Å²) in [5.74, 6) is 0.778. The number of nitrogens with one attached hydrogen (secondary N) is 1. The first-order valence-corrected chi connectivity index (χ1v) is 7.30. The third-order valence-corrected chi connectivity index (χ3v) is 3.86. The van der Waals surface area contributed by atoms with Crippen molar-refractivity contribution in [1.29, 1.82) is 0 Å². The number of pyridine rings is 1. The highest BCUT2D eigenvalue weighted by Gasteiger charge is 2.27. The van der Waals surface area contributed by atoms with E-state index < -0.39 is 0 Å². The first-order chi connectivity index (χ1) is 9.65. The second kappa shape index (κ2) is 6.70. The largest absolute Gasteiger partial charge is 0.373 e. The van der Waals surface area contributed by atoms with Crippen LogP contribution < -0.4 is 5.32 Å². The standard InChI is InChI=1S/C15H24N4O/c1-4-12-11-18(3)9-6-10-19(12)15(20)13-7-5-8-14(16-2)17-13/h5,7-8,12H,4,6,9-11H2,1-3H3,(H,16,17). The van der Waals surface area contributed by atoms with Crippen molar-refractivity contribution in [3.05, 3.63) is 23.9 Å². The fraction of sp³-hybridized carbons (Fsp3) is 0.600. The minimum Gasteiger partial charge on any atom is -0.373 e. The molecular weight excluding hydrogens is 252 g/mol. The molecule has 1 saturated heterocycles. The lowest BCUT2D eigenvalue weighted by Crippen LogP contribution is -2.43. The van der Waals surface area contributed by atoms with E-state index in [1.165, 1.54) is 0 Å². The summed E-state index contributed by atoms with van der Waals surface area (Å²) in [5, 5.41) is 2.98. The summed E-state index contributed by atoms with van der Waals surface area (Å²) in [4.78, 5) is 21.4. The number of carbonyl (C=O) groups excluding carboxylic acids is 1. The van der Waals surface area contributed by atoms with Crippen LogP contribution in [0.3, 0.4) is 0 Å². The number of likely N-dealkylation sites (N-methyl/N-ethyl adjacent to an activating group) is 1. The van der Waals surface area contributed by atoms with Crippen molar-refractivity contribution in [3.63, 3.8) is 0 Å². The average molecular weight is 276 g/mol. The van der Waals surface area contributed by atoms with Crippen molar-refractivity contribution >= 4 is 11.7 Å². The number of anilines is 1. The number of aromatic nitrogens is 1. The Balaban J connectivity index is 2.20. The molecule has 2 rings (SSSR count). The summed E-state index contributed by atoms with van der Waals surface area (Å²) in [5.41, 5.74) is 0.528. The van der Waals surface area contributed by atoms with Crippen LogP contribution in [0, 0.1) is 0 Å². The lowest BCUT2D eigenvalue weighted by Gasteiger charge is -2.30. The fourth-order valence-corrected chi connectivity index (χ4v) is 2.70. The quantitative estimate of drug-likeness (QED) is 0.912. The van der Waals surface area contributed by atoms with E-state index >= 15 is 0 Å². The molecule has 0 aliphatic carbocycles. The Morgan fingerprint density at radius 2 is 2.25 bits per heavy atom. The molecule has 110 valence electrons. The Kier molecular flexibility index (Phi) is 4.95. The van der Waals surface area contributed by atoms with Crippen molar-refractivity contribution in [1.82, 2.24) is 14.8 Å². The molecule has 0 spiro atoms. The highest BCUT2D eigenvalue weighted by atomic mass is 16.2. The van der Waals surface area contributed by atoms with Gasteiger partial charge in [0.25, 0.3) is 5.91 Å². The van der Waals surface area contributed by atoms with Gasteiger partial charge >= 0.3 is 0 Å². The Morgan fingerprint density at radius 1 is 1.45 bits per heavy atom. The molecule has 1 aliphatic heterocycles. The van der Waals surface area contributed by atoms with E-state index in [1.54, 1.807) is 6.07 Å². The Labute approximate surface area is 121 Å². The summed E-state index contributed by atoms with van der Waals surface area (Å²) in [6.45, 7) is 4.94. The first-order valence-electron chi connectivity index (χ1n) is 7.30. The zero-order valence-electron chi connectivity index (χ0n) is 12.6. The number of hydrogen-bond donors (Lipinski definition) is 1. The molecule has 1 N–H and O–H groups in total. The molecular formula is C15H24N4O. The number of hydrogen-bond acceptors (Lipinski definition) is 4. The van der Waals surface area contributed by atoms with Crippen LogP contribution in [0.1, 0.15) is 30.3 Å². The van der Waals surface area contributed by atoms with Gasteiger partial charge in [0, 0.05) is 26.2 Å². The van der Waals surface area contributed by atoms with Crippen molar-refractivity contribution < 1.29 is 4.79 Å². The van der Waals surface area contributed by atoms with Gasteiger partial charge in [0.2, 0.25) is 0 Å². The monoisotopic (exact) mass is 276 g/mol. The van der Waals surface area contributed by atoms with Gasteiger partial charge in [-0.3, -0.25) is 4.79 Å². The number of nitrogens with zero attached hydrogens (tertiary/aromatic N) is 3. The molecule has 1 aliphatic rings. The summed E-state index contributed by atoms with van der Waals surface area (Å²) in [6, 6.07) is 5.81. The maximum Gasteiger partial charge on any atom is 0.272 e. The molecule has 0 saturated carbocycles. The van der Waals surface area contributed by atoms with Crippen molar-refractivity contribution in [2.75, 3.05) is 39.0 Å². The van der Waals surface area contributed by atoms with Crippen LogP contribution in [0.4, 0.5) is 5.82 Å². The summed E-state index contributed by atoms with van der Waals surface area (Å²) in [6.07, 6.45) is 1.99. The van der Waals surface area contributed by atoms with Gasteiger partial charge in [-0.25, -0.2) is 4.98 Å². The van der Waals surface area contributed by atoms with Gasteiger partial charge in [-0.05, 0) is 38.6 Å². The van der Waals surface area contributed by atoms with Gasteiger partial charge in [-0.1, -0.05) is 13.0 Å². The van der Waals surface area contributed by atoms with Crippen molar-refractivity contribution in [2.45, 2.75) is 25.8 Å². The second-order valence-corrected chi connectivity index (χ2v) is 5.33. The topological polar surface area (TPSA) is 48.5 Å². The molecule has 5 nitrogen and oxygen atoms in total. The van der Waals surface area contributed by atoms with Crippen molar-refractivity contribution in [2.24, 2.45) is 0 Å². The lowest BCUT2D eigenvalue weighted by atomic mass is 10.1. The number of amides is 1. The van der Waals surface area contributed by atoms with Gasteiger partial charge in [0.15, 0.2) is 0 Å². The Hall–Kier alpha value is -1.62. The molecule has 1 aromatic heterocycles. The number of rotatable bonds is 3. The van der Waals surface area contributed by atoms with Gasteiger partial charge < -0.3 is 15.1 Å². The third-order valence-electron chi connectivity index (χ3n) is 3.86. The van der Waals surface area contributed by atoms with E-state index in [0.29, 0.717) is 5.69 Å². The fourth-order valence-electron chi connectivity index (χ4n) is 2.70. The molecule has 1 aromatic rings. The van der Waals surface area contributed by atoms with E-state index in [4.69, 9.17) is 0 Å². The SMILES string of the molecule is CCC1CN(C)CCCN1C(=O)c1cccc(NC)n1. The molecule has 1 amide bonds. The Morgan fingerprint density at radius 3 is 2.95 bits per heavy atom. The van der Waals surface area contributed by atoms with E-state index in [9.17, 15) is 4.79 Å². The Bertz CT molecular complexity index is 463. The molecule has 0 aromatic carbocycles. The first kappa shape index (κ1) is 14.8. The van der Waals surface area contributed by atoms with Gasteiger partial charge in [0.1, 0.15) is 11.5 Å². The summed E-state index contributed by atoms with van der Waals surface area (Å²) in [7, 11) is 3.93. The van der Waals surface area contributed by atoms with Gasteiger partial charge in [-0.15, -0.1) is 0 Å². The molecule has 20 heavy (non-hydrogen) atoms. The molecule has 2 heterocycles. The van der Waals surface area contributed by atoms with Crippen LogP contribution in [-0.2, 0) is 0 Å². The molecule has 0 radical (unpaired) electrons. The predicted octanol–water partition coefficient (Wildman–Crippen LogP) is 1.68. The maximum atomic E-state index is 12.7. The normalized spacial score (nSPS) is 20.6. The van der Waals surface area contributed by atoms with E-state index in [1.807, 2.05) is 24.1 Å². The molecule has 0 bridgehead atoms. The zero-order chi connectivity index (χ0) is 14.5. The number of carbonyl (C=O) groups is 1. The van der Waals surface area contributed by atoms with Crippen LogP contribution in [0.15, 0.2) is 18.2 Å². The molecule has 1 unspecified atom stereocenters. The highest BCUT2D eigenvalue weighted by Crippen LogP contribution is 2.16. The van der Waals surface area contributed by atoms with Gasteiger partial charge in [0.05, 0.1) is 0 Å². The van der Waals surface area contributed by atoms with Crippen LogP contribution >= 0.6 is 0 Å². The minimum absolute atomic E-state index is 0.0456. The lowest BCUT2D eigenvalue weighted by molar-refractivity contribution is 0.0670. The molecule has 1 fully saturated rings. The zero-order valence-corrected chi connectivity index (χ0v) is 12.6. The predicted molar refractivity (Wildman–Crippen MR) is 81.0 cm³/mol. The van der Waals surface area contributed by atoms with E-state index in [-0.39, 0.29) is 11.9 Å². The van der Waals surface area contributed by atoms with E-state index in [2.05, 4.69) is 29.2 Å². The average Bonchev–Trinajstić information content (AvgIpc) is 2.67.